The smallest absolute Gasteiger partial charge is 0.329 e. The van der Waals surface area contributed by atoms with Gasteiger partial charge < -0.3 is 24.9 Å². The molecule has 3 aromatic rings. The second kappa shape index (κ2) is 7.21. The summed E-state index contributed by atoms with van der Waals surface area (Å²) < 4.78 is 11.5. The fraction of sp³-hybridized carbons (Fsp3) is 0.136. The first-order chi connectivity index (χ1) is 15.0. The predicted molar refractivity (Wildman–Crippen MR) is 115 cm³/mol. The summed E-state index contributed by atoms with van der Waals surface area (Å²) >= 11 is 0. The maximum absolute atomic E-state index is 12.5. The first-order valence-corrected chi connectivity index (χ1v) is 9.57. The van der Waals surface area contributed by atoms with Crippen molar-refractivity contribution in [1.29, 1.82) is 0 Å². The van der Waals surface area contributed by atoms with E-state index in [1.54, 1.807) is 24.3 Å². The van der Waals surface area contributed by atoms with Gasteiger partial charge in [-0.2, -0.15) is 0 Å². The number of allylic oxidation sites excluding steroid dienone is 1. The van der Waals surface area contributed by atoms with Gasteiger partial charge in [0.05, 0.1) is 5.69 Å². The molecule has 0 bridgehead atoms. The van der Waals surface area contributed by atoms with Gasteiger partial charge in [-0.1, -0.05) is 18.2 Å². The Morgan fingerprint density at radius 1 is 1.26 bits per heavy atom. The maximum Gasteiger partial charge on any atom is 0.329 e. The number of carbonyl (C=O) groups excluding carboxylic acids is 1. The molecule has 0 aliphatic carbocycles. The normalized spacial score (nSPS) is 15.1. The number of aromatic hydroxyl groups is 1. The lowest BCUT2D eigenvalue weighted by Gasteiger charge is -2.07. The van der Waals surface area contributed by atoms with Gasteiger partial charge in [-0.25, -0.2) is 4.79 Å². The lowest BCUT2D eigenvalue weighted by molar-refractivity contribution is -0.116. The molecular weight excluding hydrogens is 400 g/mol. The van der Waals surface area contributed by atoms with Gasteiger partial charge in [0.25, 0.3) is 0 Å². The number of anilines is 1. The Bertz CT molecular complexity index is 1330. The highest BCUT2D eigenvalue weighted by Gasteiger charge is 2.21. The third-order valence-electron chi connectivity index (χ3n) is 5.10. The molecule has 0 radical (unpaired) electrons. The Balaban J connectivity index is 1.38. The van der Waals surface area contributed by atoms with Crippen molar-refractivity contribution in [2.24, 2.45) is 4.99 Å². The minimum Gasteiger partial charge on any atom is -0.493 e. The van der Waals surface area contributed by atoms with Crippen LogP contribution in [0.4, 0.5) is 11.4 Å². The number of fused-ring (bicyclic) bond motifs is 2. The summed E-state index contributed by atoms with van der Waals surface area (Å²) in [6.07, 6.45) is 1.66. The zero-order chi connectivity index (χ0) is 21.5. The van der Waals surface area contributed by atoms with Gasteiger partial charge in [-0.05, 0) is 31.2 Å². The summed E-state index contributed by atoms with van der Waals surface area (Å²) in [5.41, 5.74) is 3.42. The summed E-state index contributed by atoms with van der Waals surface area (Å²) in [7, 11) is 0. The molecule has 31 heavy (non-hydrogen) atoms. The average molecular weight is 418 g/mol. The van der Waals surface area contributed by atoms with Crippen LogP contribution in [-0.2, 0) is 11.3 Å². The number of aliphatic imine (C=N–C) groups is 1. The molecule has 1 amide bonds. The van der Waals surface area contributed by atoms with Crippen molar-refractivity contribution >= 4 is 34.6 Å². The third-order valence-corrected chi connectivity index (χ3v) is 5.10. The first kappa shape index (κ1) is 18.7. The van der Waals surface area contributed by atoms with Crippen molar-refractivity contribution in [3.05, 3.63) is 64.2 Å². The second-order valence-electron chi connectivity index (χ2n) is 7.14. The number of nitrogens with one attached hydrogen (secondary N) is 2. The van der Waals surface area contributed by atoms with E-state index < -0.39 is 11.6 Å². The molecule has 0 fully saturated rings. The largest absolute Gasteiger partial charge is 0.493 e. The number of carbonyl (C=O) groups is 1. The van der Waals surface area contributed by atoms with Crippen molar-refractivity contribution in [2.45, 2.75) is 13.5 Å². The van der Waals surface area contributed by atoms with Gasteiger partial charge in [0.2, 0.25) is 18.6 Å². The van der Waals surface area contributed by atoms with E-state index in [1.807, 2.05) is 31.2 Å². The van der Waals surface area contributed by atoms with Crippen LogP contribution in [0.5, 0.6) is 17.4 Å². The highest BCUT2D eigenvalue weighted by Crippen LogP contribution is 2.36. The zero-order valence-electron chi connectivity index (χ0n) is 16.5. The Kier molecular flexibility index (Phi) is 4.36. The van der Waals surface area contributed by atoms with Crippen LogP contribution in [0.1, 0.15) is 18.2 Å². The number of para-hydroxylation sites is 1. The molecule has 5 rings (SSSR count). The fourth-order valence-electron chi connectivity index (χ4n) is 3.61. The molecule has 2 aliphatic rings. The van der Waals surface area contributed by atoms with E-state index in [0.29, 0.717) is 17.2 Å². The number of H-pyrrole nitrogens is 1. The monoisotopic (exact) mass is 418 g/mol. The minimum atomic E-state index is -0.592. The van der Waals surface area contributed by atoms with Crippen molar-refractivity contribution in [2.75, 3.05) is 12.1 Å². The van der Waals surface area contributed by atoms with Crippen LogP contribution in [0.25, 0.3) is 11.6 Å². The van der Waals surface area contributed by atoms with Gasteiger partial charge in [0, 0.05) is 28.6 Å². The van der Waals surface area contributed by atoms with Crippen LogP contribution >= 0.6 is 0 Å². The molecule has 9 nitrogen and oxygen atoms in total. The van der Waals surface area contributed by atoms with E-state index in [2.05, 4.69) is 15.3 Å². The highest BCUT2D eigenvalue weighted by atomic mass is 16.7. The van der Waals surface area contributed by atoms with Crippen molar-refractivity contribution in [3.8, 4) is 17.4 Å². The van der Waals surface area contributed by atoms with E-state index in [4.69, 9.17) is 9.47 Å². The van der Waals surface area contributed by atoms with Gasteiger partial charge in [-0.3, -0.25) is 14.4 Å². The number of imidazole rings is 1. The second-order valence-corrected chi connectivity index (χ2v) is 7.14. The molecular formula is C22H18N4O5. The van der Waals surface area contributed by atoms with Crippen molar-refractivity contribution in [3.63, 3.8) is 0 Å². The number of ether oxygens (including phenoxy) is 2. The summed E-state index contributed by atoms with van der Waals surface area (Å²) in [4.78, 5) is 31.9. The van der Waals surface area contributed by atoms with E-state index in [0.717, 1.165) is 27.1 Å². The molecule has 0 saturated carbocycles. The molecule has 156 valence electrons. The third kappa shape index (κ3) is 3.35. The molecule has 2 aliphatic heterocycles. The molecule has 0 atom stereocenters. The van der Waals surface area contributed by atoms with Crippen LogP contribution in [-0.4, -0.2) is 33.1 Å². The first-order valence-electron chi connectivity index (χ1n) is 9.57. The Hall–Kier alpha value is -4.27. The van der Waals surface area contributed by atoms with E-state index in [-0.39, 0.29) is 24.9 Å². The number of amides is 1. The lowest BCUT2D eigenvalue weighted by Crippen LogP contribution is -2.25. The number of hydrogen-bond donors (Lipinski definition) is 3. The van der Waals surface area contributed by atoms with Gasteiger partial charge in [-0.15, -0.1) is 0 Å². The summed E-state index contributed by atoms with van der Waals surface area (Å²) in [6.45, 7) is 1.63. The van der Waals surface area contributed by atoms with E-state index in [1.165, 1.54) is 0 Å². The number of rotatable bonds is 4. The van der Waals surface area contributed by atoms with Crippen LogP contribution in [0.3, 0.4) is 0 Å². The molecule has 3 heterocycles. The fourth-order valence-corrected chi connectivity index (χ4v) is 3.61. The van der Waals surface area contributed by atoms with Crippen LogP contribution < -0.4 is 20.5 Å². The van der Waals surface area contributed by atoms with Gasteiger partial charge in [0.15, 0.2) is 11.5 Å². The molecule has 0 unspecified atom stereocenters. The molecule has 3 N–H and O–H groups in total. The highest BCUT2D eigenvalue weighted by molar-refractivity contribution is 6.31. The lowest BCUT2D eigenvalue weighted by atomic mass is 10.0. The van der Waals surface area contributed by atoms with Crippen LogP contribution in [0, 0.1) is 0 Å². The number of benzene rings is 2. The Labute approximate surface area is 176 Å². The number of hydrogen-bond acceptors (Lipinski definition) is 6. The number of aromatic amines is 1. The molecule has 9 heteroatoms. The topological polar surface area (TPSA) is 118 Å². The molecule has 1 aromatic heterocycles. The number of nitrogens with zero attached hydrogens (tertiary/aromatic N) is 2. The molecule has 0 spiro atoms. The van der Waals surface area contributed by atoms with Crippen molar-refractivity contribution in [1.82, 2.24) is 9.55 Å². The van der Waals surface area contributed by atoms with Crippen LogP contribution in [0.2, 0.25) is 0 Å². The SMILES string of the molecule is CC1=Nc2ccccc2/C1=C/c1[nH]c(=O)n(CC(=O)Nc2ccc3c(c2)OCO3)c1O. The summed E-state index contributed by atoms with van der Waals surface area (Å²) in [6, 6.07) is 12.6. The van der Waals surface area contributed by atoms with E-state index >= 15 is 0 Å². The predicted octanol–water partition coefficient (Wildman–Crippen LogP) is 2.90. The zero-order valence-corrected chi connectivity index (χ0v) is 16.5. The van der Waals surface area contributed by atoms with E-state index in [9.17, 15) is 14.7 Å². The van der Waals surface area contributed by atoms with Gasteiger partial charge >= 0.3 is 5.69 Å². The molecule has 0 saturated heterocycles. The Morgan fingerprint density at radius 2 is 2.06 bits per heavy atom. The maximum atomic E-state index is 12.5. The number of aromatic nitrogens is 2. The summed E-state index contributed by atoms with van der Waals surface area (Å²) in [5.74, 6) is 0.332. The minimum absolute atomic E-state index is 0.131. The summed E-state index contributed by atoms with van der Waals surface area (Å²) in [5, 5.41) is 13.3. The van der Waals surface area contributed by atoms with Crippen LogP contribution in [0.15, 0.2) is 52.3 Å². The molecule has 2 aromatic carbocycles. The Morgan fingerprint density at radius 3 is 2.94 bits per heavy atom. The average Bonchev–Trinajstić information content (AvgIpc) is 3.41. The quantitative estimate of drug-likeness (QED) is 0.602. The van der Waals surface area contributed by atoms with Crippen molar-refractivity contribution < 1.29 is 19.4 Å². The standard InChI is InChI=1S/C22H18N4O5/c1-12-15(14-4-2-3-5-16(14)23-12)9-17-21(28)26(22(29)25-17)10-20(27)24-13-6-7-18-19(8-13)31-11-30-18/h2-9,28H,10-11H2,1H3,(H,24,27)(H,25,29)/b15-9+. The van der Waals surface area contributed by atoms with Gasteiger partial charge in [0.1, 0.15) is 12.2 Å².